The molecule has 2 aliphatic rings. The Morgan fingerprint density at radius 2 is 1.79 bits per heavy atom. The topological polar surface area (TPSA) is 69.0 Å². The third kappa shape index (κ3) is 4.15. The van der Waals surface area contributed by atoms with E-state index in [0.29, 0.717) is 43.0 Å². The molecule has 2 aliphatic heterocycles. The SMILES string of the molecule is O=C(Nc1cc(-c2nnc3n2CCCCC3)ccc1F)C1(c2ccc(F)cc2)CCOCC1. The molecule has 0 radical (unpaired) electrons. The normalized spacial score (nSPS) is 17.8. The molecule has 0 aliphatic carbocycles. The van der Waals surface area contributed by atoms with Crippen LogP contribution in [0.4, 0.5) is 14.5 Å². The van der Waals surface area contributed by atoms with E-state index in [9.17, 15) is 13.6 Å². The van der Waals surface area contributed by atoms with Crippen LogP contribution in [0.5, 0.6) is 0 Å². The number of aryl methyl sites for hydroxylation is 1. The highest BCUT2D eigenvalue weighted by atomic mass is 19.1. The minimum absolute atomic E-state index is 0.0939. The van der Waals surface area contributed by atoms with Gasteiger partial charge in [-0.3, -0.25) is 4.79 Å². The molecule has 5 rings (SSSR count). The number of aromatic nitrogens is 3. The van der Waals surface area contributed by atoms with E-state index < -0.39 is 11.2 Å². The van der Waals surface area contributed by atoms with Gasteiger partial charge in [-0.1, -0.05) is 18.6 Å². The van der Waals surface area contributed by atoms with Gasteiger partial charge >= 0.3 is 0 Å². The van der Waals surface area contributed by atoms with Gasteiger partial charge in [0.25, 0.3) is 0 Å². The van der Waals surface area contributed by atoms with E-state index in [1.54, 1.807) is 24.3 Å². The summed E-state index contributed by atoms with van der Waals surface area (Å²) >= 11 is 0. The molecule has 0 atom stereocenters. The smallest absolute Gasteiger partial charge is 0.235 e. The van der Waals surface area contributed by atoms with Crippen molar-refractivity contribution in [2.45, 2.75) is 50.5 Å². The molecule has 33 heavy (non-hydrogen) atoms. The summed E-state index contributed by atoms with van der Waals surface area (Å²) in [5.74, 6) is 0.404. The standard InChI is InChI=1S/C25H26F2N4O2/c26-19-8-6-18(7-9-19)25(11-14-33-15-12-25)24(32)28-21-16-17(5-10-20(21)27)23-30-29-22-4-2-1-3-13-31(22)23/h5-10,16H,1-4,11-15H2,(H,28,32). The summed E-state index contributed by atoms with van der Waals surface area (Å²) < 4.78 is 35.9. The molecule has 1 aromatic heterocycles. The Kier molecular flexibility index (Phi) is 5.93. The third-order valence-electron chi connectivity index (χ3n) is 6.76. The molecule has 2 aromatic carbocycles. The first-order chi connectivity index (χ1) is 16.1. The minimum Gasteiger partial charge on any atom is -0.381 e. The molecule has 1 fully saturated rings. The first-order valence-electron chi connectivity index (χ1n) is 11.4. The van der Waals surface area contributed by atoms with Crippen molar-refractivity contribution in [2.75, 3.05) is 18.5 Å². The number of fused-ring (bicyclic) bond motifs is 1. The molecule has 6 nitrogen and oxygen atoms in total. The van der Waals surface area contributed by atoms with Gasteiger partial charge in [-0.05, 0) is 61.6 Å². The Morgan fingerprint density at radius 3 is 2.58 bits per heavy atom. The monoisotopic (exact) mass is 452 g/mol. The second-order valence-corrected chi connectivity index (χ2v) is 8.75. The fraction of sp³-hybridized carbons (Fsp3) is 0.400. The highest BCUT2D eigenvalue weighted by Gasteiger charge is 2.42. The van der Waals surface area contributed by atoms with Crippen molar-refractivity contribution in [1.82, 2.24) is 14.8 Å². The number of amides is 1. The maximum atomic E-state index is 14.8. The number of hydrogen-bond acceptors (Lipinski definition) is 4. The summed E-state index contributed by atoms with van der Waals surface area (Å²) in [5, 5.41) is 11.5. The Bertz CT molecular complexity index is 1150. The molecule has 3 heterocycles. The maximum absolute atomic E-state index is 14.8. The quantitative estimate of drug-likeness (QED) is 0.626. The number of anilines is 1. The summed E-state index contributed by atoms with van der Waals surface area (Å²) in [6.45, 7) is 1.63. The Morgan fingerprint density at radius 1 is 1.00 bits per heavy atom. The largest absolute Gasteiger partial charge is 0.381 e. The molecule has 0 unspecified atom stereocenters. The van der Waals surface area contributed by atoms with Gasteiger partial charge in [0.2, 0.25) is 5.91 Å². The Balaban J connectivity index is 1.47. The fourth-order valence-electron chi connectivity index (χ4n) is 4.84. The molecular formula is C25H26F2N4O2. The van der Waals surface area contributed by atoms with Gasteiger partial charge in [-0.25, -0.2) is 8.78 Å². The number of ether oxygens (including phenoxy) is 1. The van der Waals surface area contributed by atoms with E-state index in [0.717, 1.165) is 38.1 Å². The van der Waals surface area contributed by atoms with E-state index in [2.05, 4.69) is 20.1 Å². The zero-order chi connectivity index (χ0) is 22.8. The minimum atomic E-state index is -0.916. The average Bonchev–Trinajstić information content (AvgIpc) is 3.09. The van der Waals surface area contributed by atoms with Crippen LogP contribution in [0, 0.1) is 11.6 Å². The van der Waals surface area contributed by atoms with Gasteiger partial charge < -0.3 is 14.6 Å². The van der Waals surface area contributed by atoms with Crippen molar-refractivity contribution in [3.63, 3.8) is 0 Å². The summed E-state index contributed by atoms with van der Waals surface area (Å²) in [6.07, 6.45) is 5.01. The number of hydrogen-bond donors (Lipinski definition) is 1. The van der Waals surface area contributed by atoms with Crippen molar-refractivity contribution >= 4 is 11.6 Å². The molecule has 1 saturated heterocycles. The first kappa shape index (κ1) is 21.7. The number of halogens is 2. The van der Waals surface area contributed by atoms with Crippen LogP contribution in [0.3, 0.4) is 0 Å². The number of nitrogens with one attached hydrogen (secondary N) is 1. The predicted octanol–water partition coefficient (Wildman–Crippen LogP) is 4.64. The van der Waals surface area contributed by atoms with Crippen molar-refractivity contribution in [3.05, 3.63) is 65.5 Å². The van der Waals surface area contributed by atoms with Gasteiger partial charge in [0.1, 0.15) is 17.5 Å². The summed E-state index contributed by atoms with van der Waals surface area (Å²) in [6, 6.07) is 10.6. The molecule has 1 N–H and O–H groups in total. The van der Waals surface area contributed by atoms with Crippen LogP contribution >= 0.6 is 0 Å². The van der Waals surface area contributed by atoms with Gasteiger partial charge in [-0.15, -0.1) is 10.2 Å². The van der Waals surface area contributed by atoms with Crippen LogP contribution in [-0.4, -0.2) is 33.9 Å². The van der Waals surface area contributed by atoms with Gasteiger partial charge in [0.15, 0.2) is 5.82 Å². The number of benzene rings is 2. The summed E-state index contributed by atoms with van der Waals surface area (Å²) in [7, 11) is 0. The lowest BCUT2D eigenvalue weighted by Crippen LogP contribution is -2.45. The van der Waals surface area contributed by atoms with Crippen molar-refractivity contribution < 1.29 is 18.3 Å². The van der Waals surface area contributed by atoms with Gasteiger partial charge in [-0.2, -0.15) is 0 Å². The van der Waals surface area contributed by atoms with E-state index in [-0.39, 0.29) is 17.4 Å². The van der Waals surface area contributed by atoms with Crippen LogP contribution in [0.2, 0.25) is 0 Å². The molecule has 0 saturated carbocycles. The first-order valence-corrected chi connectivity index (χ1v) is 11.4. The summed E-state index contributed by atoms with van der Waals surface area (Å²) in [5.41, 5.74) is 0.580. The van der Waals surface area contributed by atoms with E-state index in [1.807, 2.05) is 0 Å². The molecule has 8 heteroatoms. The van der Waals surface area contributed by atoms with Gasteiger partial charge in [0.05, 0.1) is 11.1 Å². The zero-order valence-corrected chi connectivity index (χ0v) is 18.3. The average molecular weight is 453 g/mol. The van der Waals surface area contributed by atoms with Crippen LogP contribution < -0.4 is 5.32 Å². The maximum Gasteiger partial charge on any atom is 0.235 e. The Labute approximate surface area is 191 Å². The molecule has 1 amide bonds. The van der Waals surface area contributed by atoms with Crippen LogP contribution in [0.25, 0.3) is 11.4 Å². The molecule has 3 aromatic rings. The highest BCUT2D eigenvalue weighted by Crippen LogP contribution is 2.37. The van der Waals surface area contributed by atoms with Crippen LogP contribution in [0.1, 0.15) is 43.5 Å². The van der Waals surface area contributed by atoms with Gasteiger partial charge in [0, 0.05) is 31.7 Å². The lowest BCUT2D eigenvalue weighted by molar-refractivity contribution is -0.125. The third-order valence-corrected chi connectivity index (χ3v) is 6.76. The van der Waals surface area contributed by atoms with Crippen molar-refractivity contribution in [3.8, 4) is 11.4 Å². The number of carbonyl (C=O) groups is 1. The van der Waals surface area contributed by atoms with E-state index in [4.69, 9.17) is 4.74 Å². The summed E-state index contributed by atoms with van der Waals surface area (Å²) in [4.78, 5) is 13.5. The number of rotatable bonds is 4. The second kappa shape index (κ2) is 9.02. The zero-order valence-electron chi connectivity index (χ0n) is 18.3. The molecular weight excluding hydrogens is 426 g/mol. The second-order valence-electron chi connectivity index (χ2n) is 8.75. The Hall–Kier alpha value is -3.13. The highest BCUT2D eigenvalue weighted by molar-refractivity contribution is 5.99. The lowest BCUT2D eigenvalue weighted by Gasteiger charge is -2.36. The van der Waals surface area contributed by atoms with E-state index >= 15 is 0 Å². The van der Waals surface area contributed by atoms with Crippen molar-refractivity contribution in [2.24, 2.45) is 0 Å². The molecule has 0 bridgehead atoms. The van der Waals surface area contributed by atoms with Crippen LogP contribution in [-0.2, 0) is 27.9 Å². The van der Waals surface area contributed by atoms with Crippen LogP contribution in [0.15, 0.2) is 42.5 Å². The molecule has 0 spiro atoms. The number of nitrogens with zero attached hydrogens (tertiary/aromatic N) is 3. The molecule has 172 valence electrons. The van der Waals surface area contributed by atoms with Crippen molar-refractivity contribution in [1.29, 1.82) is 0 Å². The fourth-order valence-corrected chi connectivity index (χ4v) is 4.84. The lowest BCUT2D eigenvalue weighted by atomic mass is 9.73. The predicted molar refractivity (Wildman–Crippen MR) is 120 cm³/mol. The number of carbonyl (C=O) groups excluding carboxylic acids is 1. The van der Waals surface area contributed by atoms with E-state index in [1.165, 1.54) is 18.2 Å².